The Morgan fingerprint density at radius 1 is 1.22 bits per heavy atom. The van der Waals surface area contributed by atoms with Gasteiger partial charge in [0.1, 0.15) is 5.75 Å². The van der Waals surface area contributed by atoms with E-state index in [1.54, 1.807) is 4.90 Å². The number of nitrogens with zero attached hydrogens (tertiary/aromatic N) is 1. The molecule has 5 nitrogen and oxygen atoms in total. The second kappa shape index (κ2) is 6.15. The van der Waals surface area contributed by atoms with Crippen LogP contribution in [0.2, 0.25) is 0 Å². The van der Waals surface area contributed by atoms with Gasteiger partial charge in [-0.2, -0.15) is 0 Å². The van der Waals surface area contributed by atoms with E-state index in [0.717, 1.165) is 24.0 Å². The zero-order chi connectivity index (χ0) is 16.6. The van der Waals surface area contributed by atoms with E-state index in [-0.39, 0.29) is 36.1 Å². The van der Waals surface area contributed by atoms with Crippen LogP contribution in [-0.2, 0) is 14.6 Å². The van der Waals surface area contributed by atoms with Gasteiger partial charge in [-0.15, -0.1) is 0 Å². The largest absolute Gasteiger partial charge is 0.483 e. The molecule has 2 fully saturated rings. The lowest BCUT2D eigenvalue weighted by molar-refractivity contribution is -0.135. The highest BCUT2D eigenvalue weighted by atomic mass is 32.2. The average Bonchev–Trinajstić information content (AvgIpc) is 3.22. The van der Waals surface area contributed by atoms with Crippen LogP contribution in [0.1, 0.15) is 30.4 Å². The van der Waals surface area contributed by atoms with E-state index >= 15 is 0 Å². The van der Waals surface area contributed by atoms with Crippen molar-refractivity contribution >= 4 is 15.7 Å². The van der Waals surface area contributed by atoms with Crippen LogP contribution in [0.25, 0.3) is 0 Å². The molecular formula is C17H23NO4S. The van der Waals surface area contributed by atoms with Gasteiger partial charge >= 0.3 is 0 Å². The summed E-state index contributed by atoms with van der Waals surface area (Å²) in [7, 11) is -2.99. The third-order valence-corrected chi connectivity index (χ3v) is 6.26. The van der Waals surface area contributed by atoms with Gasteiger partial charge in [0.2, 0.25) is 0 Å². The van der Waals surface area contributed by atoms with Crippen molar-refractivity contribution < 1.29 is 17.9 Å². The second-order valence-electron chi connectivity index (χ2n) is 6.65. The number of hydrogen-bond donors (Lipinski definition) is 0. The standard InChI is InChI=1S/C17H23NO4S/c1-12-3-6-16(13(2)9-12)22-10-17(19)18(14-4-5-14)15-7-8-23(20,21)11-15/h3,6,9,14-15H,4-5,7-8,10-11H2,1-2H3. The van der Waals surface area contributed by atoms with E-state index in [0.29, 0.717) is 12.2 Å². The lowest BCUT2D eigenvalue weighted by Gasteiger charge is -2.28. The van der Waals surface area contributed by atoms with Gasteiger partial charge in [0.15, 0.2) is 16.4 Å². The summed E-state index contributed by atoms with van der Waals surface area (Å²) in [6, 6.07) is 5.86. The predicted molar refractivity (Wildman–Crippen MR) is 88.3 cm³/mol. The molecule has 1 aliphatic heterocycles. The first-order valence-electron chi connectivity index (χ1n) is 8.07. The second-order valence-corrected chi connectivity index (χ2v) is 8.88. The molecule has 0 aromatic heterocycles. The first-order chi connectivity index (χ1) is 10.9. The molecule has 3 rings (SSSR count). The maximum Gasteiger partial charge on any atom is 0.261 e. The normalized spacial score (nSPS) is 22.8. The molecule has 1 aromatic carbocycles. The van der Waals surface area contributed by atoms with Crippen molar-refractivity contribution in [2.75, 3.05) is 18.1 Å². The smallest absolute Gasteiger partial charge is 0.261 e. The van der Waals surface area contributed by atoms with E-state index in [1.807, 2.05) is 32.0 Å². The van der Waals surface area contributed by atoms with Gasteiger partial charge in [0.25, 0.3) is 5.91 Å². The Balaban J connectivity index is 1.65. The van der Waals surface area contributed by atoms with Crippen molar-refractivity contribution in [2.24, 2.45) is 0 Å². The molecule has 1 heterocycles. The molecule has 1 unspecified atom stereocenters. The van der Waals surface area contributed by atoms with Gasteiger partial charge in [-0.1, -0.05) is 17.7 Å². The molecule has 1 aromatic rings. The summed E-state index contributed by atoms with van der Waals surface area (Å²) >= 11 is 0. The van der Waals surface area contributed by atoms with Crippen LogP contribution in [0, 0.1) is 13.8 Å². The Labute approximate surface area is 137 Å². The molecule has 1 saturated carbocycles. The van der Waals surface area contributed by atoms with Crippen molar-refractivity contribution in [3.63, 3.8) is 0 Å². The molecule has 6 heteroatoms. The van der Waals surface area contributed by atoms with Crippen LogP contribution in [0.4, 0.5) is 0 Å². The van der Waals surface area contributed by atoms with Gasteiger partial charge in [0.05, 0.1) is 11.5 Å². The van der Waals surface area contributed by atoms with E-state index < -0.39 is 9.84 Å². The van der Waals surface area contributed by atoms with Gasteiger partial charge in [-0.05, 0) is 44.7 Å². The van der Waals surface area contributed by atoms with Crippen molar-refractivity contribution in [1.29, 1.82) is 0 Å². The van der Waals surface area contributed by atoms with Crippen LogP contribution in [0.3, 0.4) is 0 Å². The number of benzene rings is 1. The highest BCUT2D eigenvalue weighted by molar-refractivity contribution is 7.91. The van der Waals surface area contributed by atoms with E-state index in [1.165, 1.54) is 0 Å². The molecule has 1 amide bonds. The quantitative estimate of drug-likeness (QED) is 0.823. The van der Waals surface area contributed by atoms with Crippen LogP contribution in [-0.4, -0.2) is 49.4 Å². The molecule has 0 spiro atoms. The Bertz CT molecular complexity index is 709. The number of amides is 1. The van der Waals surface area contributed by atoms with Crippen LogP contribution in [0.5, 0.6) is 5.75 Å². The highest BCUT2D eigenvalue weighted by Gasteiger charge is 2.42. The maximum absolute atomic E-state index is 12.6. The number of aryl methyl sites for hydroxylation is 2. The minimum absolute atomic E-state index is 0.0308. The molecule has 126 valence electrons. The zero-order valence-electron chi connectivity index (χ0n) is 13.6. The number of ether oxygens (including phenoxy) is 1. The minimum atomic E-state index is -2.99. The first-order valence-corrected chi connectivity index (χ1v) is 9.89. The SMILES string of the molecule is Cc1ccc(OCC(=O)N(C2CC2)C2CCS(=O)(=O)C2)c(C)c1. The highest BCUT2D eigenvalue weighted by Crippen LogP contribution is 2.32. The molecule has 1 aliphatic carbocycles. The minimum Gasteiger partial charge on any atom is -0.483 e. The Kier molecular flexibility index (Phi) is 4.36. The van der Waals surface area contributed by atoms with Crippen molar-refractivity contribution in [2.45, 2.75) is 45.2 Å². The van der Waals surface area contributed by atoms with Crippen LogP contribution in [0.15, 0.2) is 18.2 Å². The maximum atomic E-state index is 12.6. The fourth-order valence-corrected chi connectivity index (χ4v) is 4.94. The summed E-state index contributed by atoms with van der Waals surface area (Å²) in [4.78, 5) is 14.4. The number of carbonyl (C=O) groups is 1. The number of carbonyl (C=O) groups excluding carboxylic acids is 1. The summed E-state index contributed by atoms with van der Waals surface area (Å²) in [5.41, 5.74) is 2.15. The monoisotopic (exact) mass is 337 g/mol. The van der Waals surface area contributed by atoms with Gasteiger partial charge < -0.3 is 9.64 Å². The molecule has 1 saturated heterocycles. The fraction of sp³-hybridized carbons (Fsp3) is 0.588. The van der Waals surface area contributed by atoms with Crippen molar-refractivity contribution in [3.8, 4) is 5.75 Å². The third-order valence-electron chi connectivity index (χ3n) is 4.51. The van der Waals surface area contributed by atoms with Gasteiger partial charge in [0, 0.05) is 12.1 Å². The molecular weight excluding hydrogens is 314 g/mol. The fourth-order valence-electron chi connectivity index (χ4n) is 3.23. The number of rotatable bonds is 5. The molecule has 0 bridgehead atoms. The Morgan fingerprint density at radius 3 is 2.52 bits per heavy atom. The summed E-state index contributed by atoms with van der Waals surface area (Å²) in [6.07, 6.45) is 2.48. The number of hydrogen-bond acceptors (Lipinski definition) is 4. The summed E-state index contributed by atoms with van der Waals surface area (Å²) in [6.45, 7) is 3.93. The van der Waals surface area contributed by atoms with E-state index in [4.69, 9.17) is 4.74 Å². The third kappa shape index (κ3) is 3.86. The topological polar surface area (TPSA) is 63.7 Å². The lowest BCUT2D eigenvalue weighted by Crippen LogP contribution is -2.45. The van der Waals surface area contributed by atoms with Gasteiger partial charge in [-0.25, -0.2) is 8.42 Å². The Morgan fingerprint density at radius 2 is 1.96 bits per heavy atom. The summed E-state index contributed by atoms with van der Waals surface area (Å²) in [5, 5.41) is 0. The van der Waals surface area contributed by atoms with Crippen LogP contribution < -0.4 is 4.74 Å². The first kappa shape index (κ1) is 16.3. The lowest BCUT2D eigenvalue weighted by atomic mass is 10.1. The Hall–Kier alpha value is -1.56. The molecule has 23 heavy (non-hydrogen) atoms. The number of sulfone groups is 1. The summed E-state index contributed by atoms with van der Waals surface area (Å²) < 4.78 is 29.1. The molecule has 2 aliphatic rings. The van der Waals surface area contributed by atoms with E-state index in [2.05, 4.69) is 0 Å². The molecule has 0 N–H and O–H groups in total. The summed E-state index contributed by atoms with van der Waals surface area (Å²) in [5.74, 6) is 0.888. The molecule has 0 radical (unpaired) electrons. The predicted octanol–water partition coefficient (Wildman–Crippen LogP) is 1.86. The van der Waals surface area contributed by atoms with Gasteiger partial charge in [-0.3, -0.25) is 4.79 Å². The van der Waals surface area contributed by atoms with E-state index in [9.17, 15) is 13.2 Å². The van der Waals surface area contributed by atoms with Crippen molar-refractivity contribution in [1.82, 2.24) is 4.90 Å². The average molecular weight is 337 g/mol. The zero-order valence-corrected chi connectivity index (χ0v) is 14.4. The van der Waals surface area contributed by atoms with Crippen LogP contribution >= 0.6 is 0 Å². The molecule has 1 atom stereocenters. The van der Waals surface area contributed by atoms with Crippen molar-refractivity contribution in [3.05, 3.63) is 29.3 Å².